The third-order valence-corrected chi connectivity index (χ3v) is 2.70. The van der Waals surface area contributed by atoms with E-state index in [0.29, 0.717) is 13.1 Å². The number of nitrogens with two attached hydrogens (primary N) is 1. The van der Waals surface area contributed by atoms with Crippen molar-refractivity contribution in [2.75, 3.05) is 32.6 Å². The van der Waals surface area contributed by atoms with E-state index in [0.717, 1.165) is 16.9 Å². The molecule has 94 valence electrons. The number of aromatic nitrogens is 1. The summed E-state index contributed by atoms with van der Waals surface area (Å²) in [5.41, 5.74) is 7.80. The van der Waals surface area contributed by atoms with Gasteiger partial charge in [-0.3, -0.25) is 4.79 Å². The molecule has 0 atom stereocenters. The number of amides is 1. The normalized spacial score (nSPS) is 10.2. The smallest absolute Gasteiger partial charge is 0.241 e. The number of carbonyl (C=O) groups excluding carboxylic acids is 1. The highest BCUT2D eigenvalue weighted by molar-refractivity contribution is 5.80. The largest absolute Gasteiger partial charge is 0.350 e. The number of nitrogens with zero attached hydrogens (tertiary/aromatic N) is 3. The van der Waals surface area contributed by atoms with E-state index in [2.05, 4.69) is 4.98 Å². The molecular weight excluding hydrogens is 216 g/mol. The second-order valence-electron chi connectivity index (χ2n) is 4.28. The van der Waals surface area contributed by atoms with Crippen LogP contribution in [0.5, 0.6) is 0 Å². The van der Waals surface area contributed by atoms with Crippen molar-refractivity contribution >= 4 is 11.7 Å². The predicted molar refractivity (Wildman–Crippen MR) is 68.8 cm³/mol. The molecule has 0 saturated carbocycles. The molecule has 0 aliphatic rings. The highest BCUT2D eigenvalue weighted by atomic mass is 16.2. The summed E-state index contributed by atoms with van der Waals surface area (Å²) in [5, 5.41) is 0. The molecule has 5 nitrogen and oxygen atoms in total. The molecule has 0 bridgehead atoms. The zero-order chi connectivity index (χ0) is 13.0. The number of carbonyl (C=O) groups is 1. The van der Waals surface area contributed by atoms with Gasteiger partial charge >= 0.3 is 0 Å². The summed E-state index contributed by atoms with van der Waals surface area (Å²) in [6.07, 6.45) is 1.74. The van der Waals surface area contributed by atoms with Crippen LogP contribution in [0.4, 0.5) is 5.82 Å². The van der Waals surface area contributed by atoms with Crippen LogP contribution in [-0.4, -0.2) is 43.5 Å². The first kappa shape index (κ1) is 13.4. The highest BCUT2D eigenvalue weighted by Crippen LogP contribution is 2.19. The van der Waals surface area contributed by atoms with Gasteiger partial charge in [0.05, 0.1) is 6.54 Å². The molecule has 0 spiro atoms. The van der Waals surface area contributed by atoms with Crippen molar-refractivity contribution in [2.24, 2.45) is 5.73 Å². The monoisotopic (exact) mass is 236 g/mol. The maximum atomic E-state index is 11.6. The molecule has 1 amide bonds. The van der Waals surface area contributed by atoms with Crippen molar-refractivity contribution in [2.45, 2.75) is 13.5 Å². The Kier molecular flexibility index (Phi) is 4.45. The first-order chi connectivity index (χ1) is 7.97. The van der Waals surface area contributed by atoms with E-state index in [9.17, 15) is 4.79 Å². The minimum absolute atomic E-state index is 0.0405. The molecule has 0 unspecified atom stereocenters. The summed E-state index contributed by atoms with van der Waals surface area (Å²) in [4.78, 5) is 19.3. The van der Waals surface area contributed by atoms with Crippen LogP contribution < -0.4 is 10.6 Å². The first-order valence-corrected chi connectivity index (χ1v) is 5.53. The van der Waals surface area contributed by atoms with E-state index in [1.165, 1.54) is 0 Å². The number of rotatable bonds is 4. The average Bonchev–Trinajstić information content (AvgIpc) is 2.28. The Morgan fingerprint density at radius 3 is 2.59 bits per heavy atom. The Hall–Kier alpha value is -1.62. The van der Waals surface area contributed by atoms with Crippen molar-refractivity contribution < 1.29 is 4.79 Å². The van der Waals surface area contributed by atoms with E-state index < -0.39 is 0 Å². The molecular formula is C12H20N4O. The molecule has 0 aliphatic heterocycles. The predicted octanol–water partition coefficient (Wildman–Crippen LogP) is 0.373. The quantitative estimate of drug-likeness (QED) is 0.820. The van der Waals surface area contributed by atoms with Crippen molar-refractivity contribution in [3.05, 3.63) is 23.4 Å². The van der Waals surface area contributed by atoms with Gasteiger partial charge in [-0.25, -0.2) is 4.98 Å². The lowest BCUT2D eigenvalue weighted by Crippen LogP contribution is -2.35. The second-order valence-corrected chi connectivity index (χ2v) is 4.28. The van der Waals surface area contributed by atoms with Gasteiger partial charge in [-0.15, -0.1) is 0 Å². The fourth-order valence-corrected chi connectivity index (χ4v) is 1.57. The Bertz CT molecular complexity index is 403. The van der Waals surface area contributed by atoms with Gasteiger partial charge in [-0.2, -0.15) is 0 Å². The number of aryl methyl sites for hydroxylation is 1. The summed E-state index contributed by atoms with van der Waals surface area (Å²) >= 11 is 0. The summed E-state index contributed by atoms with van der Waals surface area (Å²) in [6.45, 7) is 2.72. The van der Waals surface area contributed by atoms with Crippen LogP contribution in [0.3, 0.4) is 0 Å². The minimum atomic E-state index is 0.0405. The summed E-state index contributed by atoms with van der Waals surface area (Å²) in [6, 6.07) is 1.92. The Balaban J connectivity index is 2.92. The molecule has 0 aliphatic carbocycles. The van der Waals surface area contributed by atoms with Gasteiger partial charge in [0.25, 0.3) is 0 Å². The SMILES string of the molecule is Cc1ccnc(N(C)CC(=O)N(C)C)c1CN. The van der Waals surface area contributed by atoms with Gasteiger partial charge < -0.3 is 15.5 Å². The Morgan fingerprint density at radius 1 is 1.41 bits per heavy atom. The zero-order valence-electron chi connectivity index (χ0n) is 10.9. The average molecular weight is 236 g/mol. The molecule has 2 N–H and O–H groups in total. The van der Waals surface area contributed by atoms with Crippen molar-refractivity contribution in [3.8, 4) is 0 Å². The van der Waals surface area contributed by atoms with Crippen LogP contribution in [0.2, 0.25) is 0 Å². The van der Waals surface area contributed by atoms with Gasteiger partial charge in [-0.05, 0) is 18.6 Å². The fourth-order valence-electron chi connectivity index (χ4n) is 1.57. The summed E-state index contributed by atoms with van der Waals surface area (Å²) in [5.74, 6) is 0.821. The van der Waals surface area contributed by atoms with Crippen LogP contribution >= 0.6 is 0 Å². The van der Waals surface area contributed by atoms with Crippen LogP contribution in [0.15, 0.2) is 12.3 Å². The highest BCUT2D eigenvalue weighted by Gasteiger charge is 2.14. The van der Waals surface area contributed by atoms with E-state index in [1.54, 1.807) is 25.2 Å². The molecule has 0 radical (unpaired) electrons. The van der Waals surface area contributed by atoms with Crippen molar-refractivity contribution in [3.63, 3.8) is 0 Å². The molecule has 5 heteroatoms. The fraction of sp³-hybridized carbons (Fsp3) is 0.500. The lowest BCUT2D eigenvalue weighted by atomic mass is 10.1. The van der Waals surface area contributed by atoms with Crippen molar-refractivity contribution in [1.29, 1.82) is 0 Å². The standard InChI is InChI=1S/C12H20N4O/c1-9-5-6-14-12(10(9)7-13)16(4)8-11(17)15(2)3/h5-6H,7-8,13H2,1-4H3. The second kappa shape index (κ2) is 5.63. The lowest BCUT2D eigenvalue weighted by Gasteiger charge is -2.22. The Labute approximate surface area is 102 Å². The number of pyridine rings is 1. The van der Waals surface area contributed by atoms with Gasteiger partial charge in [0.15, 0.2) is 0 Å². The molecule has 0 saturated heterocycles. The van der Waals surface area contributed by atoms with Crippen LogP contribution in [0.1, 0.15) is 11.1 Å². The summed E-state index contributed by atoms with van der Waals surface area (Å²) < 4.78 is 0. The van der Waals surface area contributed by atoms with E-state index in [-0.39, 0.29) is 5.91 Å². The molecule has 1 aromatic heterocycles. The molecule has 0 fully saturated rings. The van der Waals surface area contributed by atoms with E-state index in [4.69, 9.17) is 5.73 Å². The van der Waals surface area contributed by atoms with Gasteiger partial charge in [0, 0.05) is 39.4 Å². The molecule has 1 rings (SSSR count). The Morgan fingerprint density at radius 2 is 2.06 bits per heavy atom. The topological polar surface area (TPSA) is 62.5 Å². The van der Waals surface area contributed by atoms with Gasteiger partial charge in [0.2, 0.25) is 5.91 Å². The van der Waals surface area contributed by atoms with Crippen LogP contribution in [-0.2, 0) is 11.3 Å². The van der Waals surface area contributed by atoms with Gasteiger partial charge in [0.1, 0.15) is 5.82 Å². The van der Waals surface area contributed by atoms with E-state index >= 15 is 0 Å². The first-order valence-electron chi connectivity index (χ1n) is 5.53. The zero-order valence-corrected chi connectivity index (χ0v) is 10.9. The number of anilines is 1. The van der Waals surface area contributed by atoms with Crippen molar-refractivity contribution in [1.82, 2.24) is 9.88 Å². The maximum Gasteiger partial charge on any atom is 0.241 e. The number of hydrogen-bond donors (Lipinski definition) is 1. The number of likely N-dealkylation sites (N-methyl/N-ethyl adjacent to an activating group) is 2. The van der Waals surface area contributed by atoms with Crippen LogP contribution in [0.25, 0.3) is 0 Å². The van der Waals surface area contributed by atoms with E-state index in [1.807, 2.05) is 24.9 Å². The maximum absolute atomic E-state index is 11.6. The lowest BCUT2D eigenvalue weighted by molar-refractivity contribution is -0.127. The summed E-state index contributed by atoms with van der Waals surface area (Å²) in [7, 11) is 5.33. The molecule has 1 aromatic rings. The van der Waals surface area contributed by atoms with Gasteiger partial charge in [-0.1, -0.05) is 0 Å². The third-order valence-electron chi connectivity index (χ3n) is 2.70. The van der Waals surface area contributed by atoms with Crippen LogP contribution in [0, 0.1) is 6.92 Å². The molecule has 0 aromatic carbocycles. The molecule has 1 heterocycles. The third kappa shape index (κ3) is 3.17. The number of hydrogen-bond acceptors (Lipinski definition) is 4. The minimum Gasteiger partial charge on any atom is -0.350 e. The molecule has 17 heavy (non-hydrogen) atoms.